The summed E-state index contributed by atoms with van der Waals surface area (Å²) in [6.07, 6.45) is 5.76. The summed E-state index contributed by atoms with van der Waals surface area (Å²) in [6, 6.07) is 6.90. The number of nitrogens with one attached hydrogen (secondary N) is 1. The Bertz CT molecular complexity index is 690. The van der Waals surface area contributed by atoms with Crippen molar-refractivity contribution >= 4 is 5.91 Å². The van der Waals surface area contributed by atoms with E-state index < -0.39 is 5.60 Å². The first kappa shape index (κ1) is 17.8. The molecule has 0 unspecified atom stereocenters. The standard InChI is InChI=1S/C21H29FN2O2/c1-20(2,26-16-10-8-14(22)9-11-16)19(25)24-15-12-21(3)17(23-13-15)6-4-5-7-18(21)24/h8-11,15,17-18,23H,4-7,12-13H2,1-3H3/t15-,17+,18-,21+/m0/s1. The van der Waals surface area contributed by atoms with Crippen LogP contribution in [0.5, 0.6) is 5.75 Å². The highest BCUT2D eigenvalue weighted by molar-refractivity contribution is 5.86. The van der Waals surface area contributed by atoms with Crippen molar-refractivity contribution < 1.29 is 13.9 Å². The third-order valence-corrected chi connectivity index (χ3v) is 6.72. The predicted molar refractivity (Wildman–Crippen MR) is 98.5 cm³/mol. The van der Waals surface area contributed by atoms with Crippen LogP contribution in [0.1, 0.15) is 52.9 Å². The molecule has 3 aliphatic rings. The maximum atomic E-state index is 13.5. The van der Waals surface area contributed by atoms with Gasteiger partial charge in [-0.15, -0.1) is 0 Å². The highest BCUT2D eigenvalue weighted by Gasteiger charge is 2.59. The minimum atomic E-state index is -0.979. The van der Waals surface area contributed by atoms with Crippen LogP contribution in [-0.4, -0.2) is 41.1 Å². The lowest BCUT2D eigenvalue weighted by Crippen LogP contribution is -2.54. The number of carbonyl (C=O) groups is 1. The van der Waals surface area contributed by atoms with Crippen LogP contribution < -0.4 is 10.1 Å². The molecule has 142 valence electrons. The third kappa shape index (κ3) is 2.81. The Morgan fingerprint density at radius 2 is 1.96 bits per heavy atom. The maximum Gasteiger partial charge on any atom is 0.266 e. The Balaban J connectivity index is 1.59. The van der Waals surface area contributed by atoms with Crippen molar-refractivity contribution in [2.45, 2.75) is 76.6 Å². The van der Waals surface area contributed by atoms with E-state index >= 15 is 0 Å². The zero-order valence-electron chi connectivity index (χ0n) is 15.9. The van der Waals surface area contributed by atoms with E-state index in [1.165, 1.54) is 31.4 Å². The number of benzene rings is 1. The molecule has 1 aromatic rings. The molecule has 2 heterocycles. The molecule has 1 saturated carbocycles. The van der Waals surface area contributed by atoms with Crippen molar-refractivity contribution in [3.63, 3.8) is 0 Å². The van der Waals surface area contributed by atoms with E-state index in [2.05, 4.69) is 17.1 Å². The normalized spacial score (nSPS) is 33.7. The molecule has 1 aliphatic carbocycles. The second-order valence-corrected chi connectivity index (χ2v) is 8.90. The molecule has 4 nitrogen and oxygen atoms in total. The predicted octanol–water partition coefficient (Wildman–Crippen LogP) is 3.50. The molecule has 2 aliphatic heterocycles. The highest BCUT2D eigenvalue weighted by atomic mass is 19.1. The number of ether oxygens (including phenoxy) is 1. The summed E-state index contributed by atoms with van der Waals surface area (Å²) in [7, 11) is 0. The average molecular weight is 360 g/mol. The molecule has 2 saturated heterocycles. The third-order valence-electron chi connectivity index (χ3n) is 6.72. The Morgan fingerprint density at radius 3 is 2.69 bits per heavy atom. The van der Waals surface area contributed by atoms with Gasteiger partial charge in [0.1, 0.15) is 11.6 Å². The number of piperidine rings is 1. The summed E-state index contributed by atoms with van der Waals surface area (Å²) >= 11 is 0. The number of amides is 1. The molecule has 1 N–H and O–H groups in total. The lowest BCUT2D eigenvalue weighted by atomic mass is 9.72. The largest absolute Gasteiger partial charge is 0.478 e. The highest BCUT2D eigenvalue weighted by Crippen LogP contribution is 2.51. The molecule has 4 atom stereocenters. The first-order valence-electron chi connectivity index (χ1n) is 9.82. The van der Waals surface area contributed by atoms with Gasteiger partial charge in [0.2, 0.25) is 0 Å². The molecule has 0 spiro atoms. The van der Waals surface area contributed by atoms with Crippen LogP contribution in [0.3, 0.4) is 0 Å². The minimum Gasteiger partial charge on any atom is -0.478 e. The topological polar surface area (TPSA) is 41.6 Å². The van der Waals surface area contributed by atoms with Gasteiger partial charge in [-0.2, -0.15) is 0 Å². The van der Waals surface area contributed by atoms with Gasteiger partial charge in [-0.25, -0.2) is 4.39 Å². The molecule has 1 amide bonds. The molecule has 5 heteroatoms. The SMILES string of the molecule is CC(C)(Oc1ccc(F)cc1)C(=O)N1[C@@H]2CN[C@@H]3CCCC[C@H]1[C@]3(C)C2. The number of fused-ring (bicyclic) bond motifs is 1. The van der Waals surface area contributed by atoms with E-state index in [0.717, 1.165) is 19.4 Å². The fourth-order valence-corrected chi connectivity index (χ4v) is 5.42. The summed E-state index contributed by atoms with van der Waals surface area (Å²) in [6.45, 7) is 6.87. The van der Waals surface area contributed by atoms with Crippen molar-refractivity contribution in [1.82, 2.24) is 10.2 Å². The zero-order valence-corrected chi connectivity index (χ0v) is 15.9. The Labute approximate surface area is 155 Å². The van der Waals surface area contributed by atoms with Crippen LogP contribution in [-0.2, 0) is 4.79 Å². The minimum absolute atomic E-state index is 0.0462. The lowest BCUT2D eigenvalue weighted by Gasteiger charge is -2.40. The number of hydrogen-bond donors (Lipinski definition) is 1. The zero-order chi connectivity index (χ0) is 18.5. The van der Waals surface area contributed by atoms with E-state index in [0.29, 0.717) is 11.8 Å². The van der Waals surface area contributed by atoms with E-state index in [4.69, 9.17) is 4.74 Å². The van der Waals surface area contributed by atoms with Gasteiger partial charge in [0.25, 0.3) is 5.91 Å². The van der Waals surface area contributed by atoms with Gasteiger partial charge in [-0.05, 0) is 57.4 Å². The van der Waals surface area contributed by atoms with Gasteiger partial charge in [0.05, 0.1) is 0 Å². The summed E-state index contributed by atoms with van der Waals surface area (Å²) < 4.78 is 19.2. The quantitative estimate of drug-likeness (QED) is 0.897. The van der Waals surface area contributed by atoms with Crippen LogP contribution in [0.2, 0.25) is 0 Å². The molecular weight excluding hydrogens is 331 g/mol. The van der Waals surface area contributed by atoms with Gasteiger partial charge in [-0.3, -0.25) is 4.79 Å². The number of hydrogen-bond acceptors (Lipinski definition) is 3. The molecular formula is C21H29FN2O2. The van der Waals surface area contributed by atoms with E-state index in [1.807, 2.05) is 13.8 Å². The summed E-state index contributed by atoms with van der Waals surface area (Å²) in [4.78, 5) is 15.7. The van der Waals surface area contributed by atoms with Crippen molar-refractivity contribution in [1.29, 1.82) is 0 Å². The van der Waals surface area contributed by atoms with Crippen LogP contribution in [0.15, 0.2) is 24.3 Å². The first-order valence-corrected chi connectivity index (χ1v) is 9.82. The Morgan fingerprint density at radius 1 is 1.27 bits per heavy atom. The second-order valence-electron chi connectivity index (χ2n) is 8.90. The number of carbonyl (C=O) groups excluding carboxylic acids is 1. The number of rotatable bonds is 3. The van der Waals surface area contributed by atoms with E-state index in [1.54, 1.807) is 12.1 Å². The number of likely N-dealkylation sites (tertiary alicyclic amines) is 1. The van der Waals surface area contributed by atoms with Gasteiger partial charge >= 0.3 is 0 Å². The fourth-order valence-electron chi connectivity index (χ4n) is 5.42. The van der Waals surface area contributed by atoms with Gasteiger partial charge in [0.15, 0.2) is 5.60 Å². The smallest absolute Gasteiger partial charge is 0.266 e. The van der Waals surface area contributed by atoms with Crippen molar-refractivity contribution in [2.75, 3.05) is 6.54 Å². The average Bonchev–Trinajstić information content (AvgIpc) is 2.71. The number of halogens is 1. The molecule has 1 aromatic carbocycles. The first-order chi connectivity index (χ1) is 12.3. The second kappa shape index (κ2) is 6.22. The van der Waals surface area contributed by atoms with Gasteiger partial charge < -0.3 is 15.0 Å². The lowest BCUT2D eigenvalue weighted by molar-refractivity contribution is -0.149. The summed E-state index contributed by atoms with van der Waals surface area (Å²) in [5.74, 6) is 0.262. The van der Waals surface area contributed by atoms with Crippen LogP contribution in [0.25, 0.3) is 0 Å². The maximum absolute atomic E-state index is 13.5. The summed E-state index contributed by atoms with van der Waals surface area (Å²) in [5.41, 5.74) is -0.825. The summed E-state index contributed by atoms with van der Waals surface area (Å²) in [5, 5.41) is 3.71. The molecule has 4 rings (SSSR count). The van der Waals surface area contributed by atoms with E-state index in [9.17, 15) is 9.18 Å². The Kier molecular flexibility index (Phi) is 4.25. The van der Waals surface area contributed by atoms with E-state index in [-0.39, 0.29) is 29.2 Å². The van der Waals surface area contributed by atoms with Crippen molar-refractivity contribution in [3.05, 3.63) is 30.1 Å². The van der Waals surface area contributed by atoms with Gasteiger partial charge in [-0.1, -0.05) is 19.8 Å². The fraction of sp³-hybridized carbons (Fsp3) is 0.667. The molecule has 0 aromatic heterocycles. The molecule has 3 fully saturated rings. The monoisotopic (exact) mass is 360 g/mol. The Hall–Kier alpha value is -1.62. The molecule has 26 heavy (non-hydrogen) atoms. The van der Waals surface area contributed by atoms with Crippen LogP contribution in [0.4, 0.5) is 4.39 Å². The van der Waals surface area contributed by atoms with Crippen molar-refractivity contribution in [2.24, 2.45) is 5.41 Å². The number of nitrogens with zero attached hydrogens (tertiary/aromatic N) is 1. The van der Waals surface area contributed by atoms with Crippen LogP contribution >= 0.6 is 0 Å². The molecule has 2 bridgehead atoms. The van der Waals surface area contributed by atoms with Gasteiger partial charge in [0, 0.05) is 30.1 Å². The van der Waals surface area contributed by atoms with Crippen LogP contribution in [0, 0.1) is 11.2 Å². The van der Waals surface area contributed by atoms with Crippen molar-refractivity contribution in [3.8, 4) is 5.75 Å². The molecule has 0 radical (unpaired) electrons.